The molecule has 4 aromatic carbocycles. The van der Waals surface area contributed by atoms with Gasteiger partial charge in [0.25, 0.3) is 0 Å². The van der Waals surface area contributed by atoms with Crippen molar-refractivity contribution in [2.24, 2.45) is 0 Å². The summed E-state index contributed by atoms with van der Waals surface area (Å²) < 4.78 is 18.5. The summed E-state index contributed by atoms with van der Waals surface area (Å²) in [6.45, 7) is 0.944. The van der Waals surface area contributed by atoms with Crippen LogP contribution in [0.3, 0.4) is 0 Å². The SMILES string of the molecule is O=C(N[C@H](/C=C/c1ccccc1)[C@H](OCc1ccccc1)[C@@H](CBr)OCc1ccccc1)OCc1ccccc1. The molecule has 4 aromatic rings. The van der Waals surface area contributed by atoms with E-state index >= 15 is 0 Å². The summed E-state index contributed by atoms with van der Waals surface area (Å²) in [5.41, 5.74) is 4.01. The number of alkyl carbamates (subject to hydrolysis) is 1. The van der Waals surface area contributed by atoms with Gasteiger partial charge in [0.05, 0.1) is 25.4 Å². The number of halogens is 1. The van der Waals surface area contributed by atoms with E-state index in [1.807, 2.05) is 133 Å². The highest BCUT2D eigenvalue weighted by molar-refractivity contribution is 9.09. The quantitative estimate of drug-likeness (QED) is 0.152. The van der Waals surface area contributed by atoms with Crippen LogP contribution in [-0.2, 0) is 34.0 Å². The number of ether oxygens (including phenoxy) is 3. The minimum Gasteiger partial charge on any atom is -0.445 e. The Kier molecular flexibility index (Phi) is 12.0. The lowest BCUT2D eigenvalue weighted by Gasteiger charge is -2.32. The average molecular weight is 601 g/mol. The van der Waals surface area contributed by atoms with Crippen LogP contribution in [0.2, 0.25) is 0 Å². The van der Waals surface area contributed by atoms with E-state index in [9.17, 15) is 4.79 Å². The first kappa shape index (κ1) is 29.3. The van der Waals surface area contributed by atoms with Crippen LogP contribution in [-0.4, -0.2) is 29.7 Å². The van der Waals surface area contributed by atoms with Crippen LogP contribution >= 0.6 is 15.9 Å². The van der Waals surface area contributed by atoms with E-state index in [0.29, 0.717) is 18.5 Å². The van der Waals surface area contributed by atoms with Crippen LogP contribution in [0, 0.1) is 0 Å². The highest BCUT2D eigenvalue weighted by Crippen LogP contribution is 2.19. The molecule has 0 aliphatic heterocycles. The Morgan fingerprint density at radius 3 is 1.68 bits per heavy atom. The molecular weight excluding hydrogens is 566 g/mol. The van der Waals surface area contributed by atoms with E-state index in [-0.39, 0.29) is 12.7 Å². The maximum absolute atomic E-state index is 13.0. The van der Waals surface area contributed by atoms with Crippen LogP contribution in [0.15, 0.2) is 127 Å². The number of carbonyl (C=O) groups is 1. The Morgan fingerprint density at radius 1 is 0.675 bits per heavy atom. The van der Waals surface area contributed by atoms with Gasteiger partial charge in [-0.1, -0.05) is 149 Å². The van der Waals surface area contributed by atoms with E-state index in [0.717, 1.165) is 22.3 Å². The van der Waals surface area contributed by atoms with Crippen molar-refractivity contribution in [3.63, 3.8) is 0 Å². The molecule has 0 aromatic heterocycles. The van der Waals surface area contributed by atoms with Gasteiger partial charge in [-0.25, -0.2) is 4.79 Å². The van der Waals surface area contributed by atoms with Crippen molar-refractivity contribution in [2.75, 3.05) is 5.33 Å². The van der Waals surface area contributed by atoms with Crippen LogP contribution in [0.1, 0.15) is 22.3 Å². The zero-order valence-electron chi connectivity index (χ0n) is 22.3. The molecule has 0 saturated heterocycles. The summed E-state index contributed by atoms with van der Waals surface area (Å²) in [4.78, 5) is 13.0. The fourth-order valence-corrected chi connectivity index (χ4v) is 4.69. The van der Waals surface area contributed by atoms with E-state index in [1.165, 1.54) is 0 Å². The highest BCUT2D eigenvalue weighted by Gasteiger charge is 2.31. The van der Waals surface area contributed by atoms with Gasteiger partial charge in [-0.15, -0.1) is 0 Å². The van der Waals surface area contributed by atoms with Crippen molar-refractivity contribution in [1.29, 1.82) is 0 Å². The van der Waals surface area contributed by atoms with Gasteiger partial charge in [-0.2, -0.15) is 0 Å². The third-order valence-corrected chi connectivity index (χ3v) is 6.90. The molecule has 0 bridgehead atoms. The van der Waals surface area contributed by atoms with Gasteiger partial charge >= 0.3 is 6.09 Å². The smallest absolute Gasteiger partial charge is 0.408 e. The summed E-state index contributed by atoms with van der Waals surface area (Å²) in [7, 11) is 0. The topological polar surface area (TPSA) is 56.8 Å². The number of alkyl halides is 1. The molecule has 0 saturated carbocycles. The zero-order valence-corrected chi connectivity index (χ0v) is 23.9. The minimum atomic E-state index is -0.537. The van der Waals surface area contributed by atoms with Gasteiger partial charge in [0, 0.05) is 5.33 Å². The Bertz CT molecular complexity index is 1290. The van der Waals surface area contributed by atoms with Crippen LogP contribution in [0.4, 0.5) is 4.79 Å². The first-order valence-electron chi connectivity index (χ1n) is 13.3. The van der Waals surface area contributed by atoms with Gasteiger partial charge in [-0.3, -0.25) is 0 Å². The lowest BCUT2D eigenvalue weighted by atomic mass is 10.0. The van der Waals surface area contributed by atoms with Crippen LogP contribution < -0.4 is 5.32 Å². The molecule has 1 N–H and O–H groups in total. The largest absolute Gasteiger partial charge is 0.445 e. The Balaban J connectivity index is 1.56. The molecule has 0 aliphatic rings. The molecule has 5 nitrogen and oxygen atoms in total. The van der Waals surface area contributed by atoms with Gasteiger partial charge in [-0.05, 0) is 22.3 Å². The number of nitrogens with one attached hydrogen (secondary N) is 1. The summed E-state index contributed by atoms with van der Waals surface area (Å²) in [5, 5.41) is 3.54. The van der Waals surface area contributed by atoms with E-state index in [1.54, 1.807) is 0 Å². The maximum atomic E-state index is 13.0. The van der Waals surface area contributed by atoms with Crippen molar-refractivity contribution in [3.8, 4) is 0 Å². The highest BCUT2D eigenvalue weighted by atomic mass is 79.9. The van der Waals surface area contributed by atoms with E-state index < -0.39 is 18.2 Å². The van der Waals surface area contributed by atoms with Crippen molar-refractivity contribution in [3.05, 3.63) is 150 Å². The van der Waals surface area contributed by atoms with Gasteiger partial charge in [0.1, 0.15) is 12.7 Å². The predicted octanol–water partition coefficient (Wildman–Crippen LogP) is 7.56. The Morgan fingerprint density at radius 2 is 1.15 bits per heavy atom. The van der Waals surface area contributed by atoms with Gasteiger partial charge in [0.2, 0.25) is 0 Å². The first-order chi connectivity index (χ1) is 19.7. The number of hydrogen-bond acceptors (Lipinski definition) is 4. The fourth-order valence-electron chi connectivity index (χ4n) is 4.13. The summed E-state index contributed by atoms with van der Waals surface area (Å²) in [6.07, 6.45) is 2.49. The van der Waals surface area contributed by atoms with Crippen molar-refractivity contribution in [2.45, 2.75) is 38.1 Å². The molecule has 6 heteroatoms. The summed E-state index contributed by atoms with van der Waals surface area (Å²) >= 11 is 3.64. The monoisotopic (exact) mass is 599 g/mol. The Labute approximate surface area is 244 Å². The molecule has 4 rings (SSSR count). The minimum absolute atomic E-state index is 0.170. The molecule has 0 radical (unpaired) electrons. The summed E-state index contributed by atoms with van der Waals surface area (Å²) in [5.74, 6) is 0. The second-order valence-corrected chi connectivity index (χ2v) is 9.90. The molecule has 40 heavy (non-hydrogen) atoms. The standard InChI is InChI=1S/C34H34BrNO4/c35-23-32(38-24-28-15-7-2-8-16-28)33(39-25-29-17-9-3-10-18-29)31(22-21-27-13-5-1-6-14-27)36-34(37)40-26-30-19-11-4-12-20-30/h1-22,31-33H,23-26H2,(H,36,37)/b22-21+/t31-,32-,33+/m1/s1. The van der Waals surface area contributed by atoms with Gasteiger partial charge in [0.15, 0.2) is 0 Å². The average Bonchev–Trinajstić information content (AvgIpc) is 3.02. The van der Waals surface area contributed by atoms with Crippen LogP contribution in [0.5, 0.6) is 0 Å². The van der Waals surface area contributed by atoms with Gasteiger partial charge < -0.3 is 19.5 Å². The molecule has 0 aliphatic carbocycles. The fraction of sp³-hybridized carbons (Fsp3) is 0.206. The molecule has 206 valence electrons. The van der Waals surface area contributed by atoms with Crippen molar-refractivity contribution < 1.29 is 19.0 Å². The number of hydrogen-bond donors (Lipinski definition) is 1. The number of carbonyl (C=O) groups excluding carboxylic acids is 1. The molecule has 0 heterocycles. The molecule has 0 spiro atoms. The second kappa shape index (κ2) is 16.4. The predicted molar refractivity (Wildman–Crippen MR) is 163 cm³/mol. The van der Waals surface area contributed by atoms with E-state index in [2.05, 4.69) is 21.2 Å². The Hall–Kier alpha value is -3.71. The third kappa shape index (κ3) is 9.79. The molecule has 0 fully saturated rings. The maximum Gasteiger partial charge on any atom is 0.408 e. The van der Waals surface area contributed by atoms with Crippen molar-refractivity contribution >= 4 is 28.1 Å². The van der Waals surface area contributed by atoms with Crippen molar-refractivity contribution in [1.82, 2.24) is 5.32 Å². The lowest BCUT2D eigenvalue weighted by Crippen LogP contribution is -2.50. The number of rotatable bonds is 14. The first-order valence-corrected chi connectivity index (χ1v) is 14.4. The number of amides is 1. The normalized spacial score (nSPS) is 13.4. The van der Waals surface area contributed by atoms with Crippen LogP contribution in [0.25, 0.3) is 6.08 Å². The molecule has 3 atom stereocenters. The third-order valence-electron chi connectivity index (χ3n) is 6.26. The molecular formula is C34H34BrNO4. The van der Waals surface area contributed by atoms with E-state index in [4.69, 9.17) is 14.2 Å². The second-order valence-electron chi connectivity index (χ2n) is 9.25. The molecule has 1 amide bonds. The zero-order chi connectivity index (χ0) is 27.8. The molecule has 0 unspecified atom stereocenters. The lowest BCUT2D eigenvalue weighted by molar-refractivity contribution is -0.0827. The number of benzene rings is 4. The summed E-state index contributed by atoms with van der Waals surface area (Å²) in [6, 6.07) is 39.0.